The van der Waals surface area contributed by atoms with Gasteiger partial charge in [0.15, 0.2) is 0 Å². The minimum absolute atomic E-state index is 0.598. The maximum atomic E-state index is 5.47. The highest BCUT2D eigenvalue weighted by atomic mass is 32.1. The maximum Gasteiger partial charge on any atom is 0.0622 e. The summed E-state index contributed by atoms with van der Waals surface area (Å²) in [4.78, 5) is 5.35. The largest absolute Gasteiger partial charge is 0.380 e. The summed E-state index contributed by atoms with van der Waals surface area (Å²) in [5.41, 5.74) is 1.48. The van der Waals surface area contributed by atoms with Crippen molar-refractivity contribution in [2.24, 2.45) is 0 Å². The Morgan fingerprint density at radius 1 is 1.53 bits per heavy atom. The number of thiophene rings is 1. The van der Waals surface area contributed by atoms with Crippen molar-refractivity contribution in [1.29, 1.82) is 0 Å². The van der Waals surface area contributed by atoms with Gasteiger partial charge in [0.2, 0.25) is 0 Å². The Balaban J connectivity index is 1.88. The third kappa shape index (κ3) is 4.28. The first-order valence-electron chi connectivity index (χ1n) is 7.27. The summed E-state index contributed by atoms with van der Waals surface area (Å²) < 4.78 is 5.47. The molecule has 108 valence electrons. The van der Waals surface area contributed by atoms with E-state index in [2.05, 4.69) is 37.2 Å². The van der Waals surface area contributed by atoms with Crippen LogP contribution in [0.2, 0.25) is 0 Å². The number of aryl methyl sites for hydroxylation is 1. The fraction of sp³-hybridized carbons (Fsp3) is 0.733. The van der Waals surface area contributed by atoms with Gasteiger partial charge < -0.3 is 10.1 Å². The topological polar surface area (TPSA) is 24.5 Å². The zero-order valence-corrected chi connectivity index (χ0v) is 13.2. The van der Waals surface area contributed by atoms with Crippen molar-refractivity contribution in [3.05, 3.63) is 21.4 Å². The molecular weight excluding hydrogens is 256 g/mol. The second kappa shape index (κ2) is 7.39. The first kappa shape index (κ1) is 15.0. The summed E-state index contributed by atoms with van der Waals surface area (Å²) >= 11 is 1.93. The zero-order valence-electron chi connectivity index (χ0n) is 12.4. The van der Waals surface area contributed by atoms with E-state index in [4.69, 9.17) is 4.74 Å². The molecule has 1 aromatic rings. The fourth-order valence-corrected chi connectivity index (χ4v) is 3.51. The van der Waals surface area contributed by atoms with Crippen molar-refractivity contribution in [1.82, 2.24) is 10.2 Å². The van der Waals surface area contributed by atoms with E-state index >= 15 is 0 Å². The summed E-state index contributed by atoms with van der Waals surface area (Å²) in [6, 6.07) is 2.97. The molecule has 1 saturated heterocycles. The molecule has 0 spiro atoms. The summed E-state index contributed by atoms with van der Waals surface area (Å²) in [7, 11) is 2.21. The molecule has 0 radical (unpaired) electrons. The van der Waals surface area contributed by atoms with Crippen LogP contribution in [0.5, 0.6) is 0 Å². The van der Waals surface area contributed by atoms with Gasteiger partial charge in [0.05, 0.1) is 6.61 Å². The number of hydrogen-bond donors (Lipinski definition) is 1. The van der Waals surface area contributed by atoms with Crippen LogP contribution in [0, 0.1) is 6.92 Å². The first-order chi connectivity index (χ1) is 9.20. The van der Waals surface area contributed by atoms with Gasteiger partial charge in [-0.05, 0) is 45.0 Å². The normalized spacial score (nSPS) is 19.5. The van der Waals surface area contributed by atoms with Crippen molar-refractivity contribution in [3.63, 3.8) is 0 Å². The molecule has 2 rings (SSSR count). The molecule has 2 heterocycles. The Kier molecular flexibility index (Phi) is 5.82. The van der Waals surface area contributed by atoms with Gasteiger partial charge in [0.25, 0.3) is 0 Å². The summed E-state index contributed by atoms with van der Waals surface area (Å²) in [6.45, 7) is 9.42. The molecule has 19 heavy (non-hydrogen) atoms. The molecule has 1 N–H and O–H groups in total. The van der Waals surface area contributed by atoms with E-state index in [1.165, 1.54) is 28.2 Å². The van der Waals surface area contributed by atoms with Gasteiger partial charge in [-0.1, -0.05) is 6.92 Å². The second-order valence-electron chi connectivity index (χ2n) is 5.40. The van der Waals surface area contributed by atoms with Crippen LogP contribution in [0.4, 0.5) is 0 Å². The Morgan fingerprint density at radius 2 is 2.37 bits per heavy atom. The van der Waals surface area contributed by atoms with Crippen LogP contribution >= 0.6 is 11.3 Å². The van der Waals surface area contributed by atoms with Crippen molar-refractivity contribution in [3.8, 4) is 0 Å². The molecule has 1 atom stereocenters. The Bertz CT molecular complexity index is 385. The van der Waals surface area contributed by atoms with Crippen molar-refractivity contribution >= 4 is 11.3 Å². The molecule has 1 unspecified atom stereocenters. The lowest BCUT2D eigenvalue weighted by atomic mass is 10.2. The van der Waals surface area contributed by atoms with Gasteiger partial charge in [-0.3, -0.25) is 4.90 Å². The van der Waals surface area contributed by atoms with Gasteiger partial charge in [-0.2, -0.15) is 0 Å². The van der Waals surface area contributed by atoms with Crippen LogP contribution in [0.1, 0.15) is 35.1 Å². The number of nitrogens with one attached hydrogen (secondary N) is 1. The van der Waals surface area contributed by atoms with Gasteiger partial charge in [-0.25, -0.2) is 0 Å². The number of ether oxygens (including phenoxy) is 1. The molecule has 0 saturated carbocycles. The van der Waals surface area contributed by atoms with Gasteiger partial charge in [0.1, 0.15) is 0 Å². The summed E-state index contributed by atoms with van der Waals surface area (Å²) in [5.74, 6) is 0. The number of likely N-dealkylation sites (N-methyl/N-ethyl adjacent to an activating group) is 1. The Morgan fingerprint density at radius 3 is 3.05 bits per heavy atom. The van der Waals surface area contributed by atoms with Crippen LogP contribution in [-0.2, 0) is 17.8 Å². The molecule has 0 amide bonds. The molecule has 0 aromatic carbocycles. The van der Waals surface area contributed by atoms with Gasteiger partial charge >= 0.3 is 0 Å². The van der Waals surface area contributed by atoms with Crippen LogP contribution in [-0.4, -0.2) is 37.7 Å². The minimum atomic E-state index is 0.598. The molecule has 4 heteroatoms. The number of hydrogen-bond acceptors (Lipinski definition) is 4. The van der Waals surface area contributed by atoms with E-state index in [9.17, 15) is 0 Å². The van der Waals surface area contributed by atoms with E-state index in [1.54, 1.807) is 0 Å². The summed E-state index contributed by atoms with van der Waals surface area (Å²) in [6.07, 6.45) is 2.37. The van der Waals surface area contributed by atoms with E-state index in [1.807, 2.05) is 11.3 Å². The minimum Gasteiger partial charge on any atom is -0.380 e. The quantitative estimate of drug-likeness (QED) is 0.778. The smallest absolute Gasteiger partial charge is 0.0622 e. The molecule has 1 fully saturated rings. The van der Waals surface area contributed by atoms with Crippen LogP contribution < -0.4 is 5.32 Å². The highest BCUT2D eigenvalue weighted by Gasteiger charge is 2.21. The van der Waals surface area contributed by atoms with E-state index in [0.29, 0.717) is 6.04 Å². The highest BCUT2D eigenvalue weighted by molar-refractivity contribution is 7.12. The highest BCUT2D eigenvalue weighted by Crippen LogP contribution is 2.24. The molecule has 0 bridgehead atoms. The average molecular weight is 282 g/mol. The van der Waals surface area contributed by atoms with E-state index in [-0.39, 0.29) is 0 Å². The van der Waals surface area contributed by atoms with E-state index in [0.717, 1.165) is 32.8 Å². The zero-order chi connectivity index (χ0) is 13.7. The predicted octanol–water partition coefficient (Wildman–Crippen LogP) is 2.78. The second-order valence-corrected chi connectivity index (χ2v) is 6.74. The summed E-state index contributed by atoms with van der Waals surface area (Å²) in [5, 5.41) is 3.48. The average Bonchev–Trinajstić information content (AvgIpc) is 3.01. The molecule has 1 aliphatic rings. The van der Waals surface area contributed by atoms with Crippen molar-refractivity contribution < 1.29 is 4.74 Å². The van der Waals surface area contributed by atoms with Gasteiger partial charge in [0, 0.05) is 35.5 Å². The van der Waals surface area contributed by atoms with E-state index < -0.39 is 0 Å². The lowest BCUT2D eigenvalue weighted by Gasteiger charge is -2.22. The first-order valence-corrected chi connectivity index (χ1v) is 8.09. The van der Waals surface area contributed by atoms with Crippen molar-refractivity contribution in [2.45, 2.75) is 45.8 Å². The molecule has 0 aliphatic carbocycles. The predicted molar refractivity (Wildman–Crippen MR) is 81.7 cm³/mol. The Hall–Kier alpha value is -0.420. The molecular formula is C15H26N2OS. The SMILES string of the molecule is CCCNCc1cc(CN(C)C2CCOC2)c(C)s1. The third-order valence-corrected chi connectivity index (χ3v) is 4.84. The van der Waals surface area contributed by atoms with Crippen LogP contribution in [0.15, 0.2) is 6.07 Å². The molecule has 1 aliphatic heterocycles. The lowest BCUT2D eigenvalue weighted by Crippen LogP contribution is -2.31. The lowest BCUT2D eigenvalue weighted by molar-refractivity contribution is 0.156. The molecule has 3 nitrogen and oxygen atoms in total. The van der Waals surface area contributed by atoms with Crippen LogP contribution in [0.25, 0.3) is 0 Å². The Labute approximate surface area is 121 Å². The molecule has 1 aromatic heterocycles. The number of nitrogens with zero attached hydrogens (tertiary/aromatic N) is 1. The van der Waals surface area contributed by atoms with Crippen molar-refractivity contribution in [2.75, 3.05) is 26.8 Å². The maximum absolute atomic E-state index is 5.47. The van der Waals surface area contributed by atoms with Crippen LogP contribution in [0.3, 0.4) is 0 Å². The standard InChI is InChI=1S/C15H26N2OS/c1-4-6-16-9-15-8-13(12(2)19-15)10-17(3)14-5-7-18-11-14/h8,14,16H,4-7,9-11H2,1-3H3. The monoisotopic (exact) mass is 282 g/mol. The third-order valence-electron chi connectivity index (χ3n) is 3.75. The van der Waals surface area contributed by atoms with Gasteiger partial charge in [-0.15, -0.1) is 11.3 Å². The fourth-order valence-electron chi connectivity index (χ4n) is 2.49. The number of rotatable bonds is 7.